The topological polar surface area (TPSA) is 23.0 Å². The molecule has 0 aliphatic carbocycles. The molecule has 0 bridgehead atoms. The Morgan fingerprint density at radius 1 is 0.727 bits per heavy atom. The number of aromatic nitrogens is 1. The van der Waals surface area contributed by atoms with Gasteiger partial charge in [-0.1, -0.05) is 31.2 Å². The molecule has 0 atom stereocenters. The van der Waals surface area contributed by atoms with Crippen molar-refractivity contribution in [2.24, 2.45) is 0 Å². The van der Waals surface area contributed by atoms with Gasteiger partial charge in [-0.25, -0.2) is 4.98 Å². The number of hydrogen-bond donors (Lipinski definition) is 2. The van der Waals surface area contributed by atoms with E-state index < -0.39 is 0 Å². The van der Waals surface area contributed by atoms with Crippen molar-refractivity contribution in [3.8, 4) is 0 Å². The van der Waals surface area contributed by atoms with Crippen LogP contribution in [0.1, 0.15) is 23.6 Å². The number of benzene rings is 1. The van der Waals surface area contributed by atoms with Gasteiger partial charge in [0.05, 0.1) is 0 Å². The zero-order valence-corrected chi connectivity index (χ0v) is 13.6. The van der Waals surface area contributed by atoms with Gasteiger partial charge < -0.3 is 9.80 Å². The summed E-state index contributed by atoms with van der Waals surface area (Å²) in [6.45, 7) is 9.67. The number of hydrogen-bond acceptors (Lipinski definition) is 0. The summed E-state index contributed by atoms with van der Waals surface area (Å²) in [5, 5.41) is 0. The fourth-order valence-electron chi connectivity index (χ4n) is 3.32. The van der Waals surface area contributed by atoms with Gasteiger partial charge in [-0.3, -0.25) is 0 Å². The van der Waals surface area contributed by atoms with Gasteiger partial charge in [0, 0.05) is 23.3 Å². The summed E-state index contributed by atoms with van der Waals surface area (Å²) in [5.41, 5.74) is 4.36. The summed E-state index contributed by atoms with van der Waals surface area (Å²) >= 11 is 0. The molecule has 0 radical (unpaired) electrons. The minimum atomic E-state index is 1.13. The predicted molar refractivity (Wildman–Crippen MR) is 87.6 cm³/mol. The van der Waals surface area contributed by atoms with Gasteiger partial charge >= 0.3 is 0 Å². The zero-order chi connectivity index (χ0) is 15.2. The summed E-state index contributed by atoms with van der Waals surface area (Å²) in [6, 6.07) is 13.6. The Morgan fingerprint density at radius 2 is 1.18 bits per heavy atom. The Morgan fingerprint density at radius 3 is 1.68 bits per heavy atom. The van der Waals surface area contributed by atoms with Crippen molar-refractivity contribution in [1.82, 2.24) is 0 Å². The third-order valence-corrected chi connectivity index (χ3v) is 4.79. The average molecular weight is 298 g/mol. The number of rotatable bonds is 5. The molecule has 22 heavy (non-hydrogen) atoms. The molecule has 1 fully saturated rings. The van der Waals surface area contributed by atoms with Crippen LogP contribution in [0.3, 0.4) is 0 Å². The third kappa shape index (κ3) is 4.15. The normalized spacial score (nSPS) is 21.7. The second kappa shape index (κ2) is 7.52. The molecule has 2 heterocycles. The molecule has 116 valence electrons. The number of aromatic amines is 1. The molecular formula is C19H28N3+3. The molecule has 0 saturated carbocycles. The highest BCUT2D eigenvalue weighted by Gasteiger charge is 2.23. The predicted octanol–water partition coefficient (Wildman–Crippen LogP) is -0.453. The monoisotopic (exact) mass is 298 g/mol. The maximum atomic E-state index is 3.10. The molecule has 3 rings (SSSR count). The minimum Gasteiger partial charge on any atom is -0.322 e. The first-order chi connectivity index (χ1) is 10.8. The van der Waals surface area contributed by atoms with E-state index in [1.807, 2.05) is 12.4 Å². The molecule has 0 spiro atoms. The quantitative estimate of drug-likeness (QED) is 0.747. The van der Waals surface area contributed by atoms with E-state index in [4.69, 9.17) is 0 Å². The Hall–Kier alpha value is -1.71. The first kappa shape index (κ1) is 15.2. The first-order valence-electron chi connectivity index (χ1n) is 8.53. The summed E-state index contributed by atoms with van der Waals surface area (Å²) in [7, 11) is 0. The fourth-order valence-corrected chi connectivity index (χ4v) is 3.32. The van der Waals surface area contributed by atoms with E-state index in [-0.39, 0.29) is 0 Å². The van der Waals surface area contributed by atoms with Crippen molar-refractivity contribution < 1.29 is 14.8 Å². The third-order valence-electron chi connectivity index (χ3n) is 4.79. The van der Waals surface area contributed by atoms with Crippen molar-refractivity contribution >= 4 is 0 Å². The lowest BCUT2D eigenvalue weighted by Crippen LogP contribution is -3.27. The second-order valence-corrected chi connectivity index (χ2v) is 6.43. The minimum absolute atomic E-state index is 1.13. The van der Waals surface area contributed by atoms with Crippen molar-refractivity contribution in [2.45, 2.75) is 26.4 Å². The zero-order valence-electron chi connectivity index (χ0n) is 13.6. The van der Waals surface area contributed by atoms with E-state index in [1.165, 1.54) is 49.4 Å². The van der Waals surface area contributed by atoms with Crippen LogP contribution in [0.5, 0.6) is 0 Å². The lowest BCUT2D eigenvalue weighted by Gasteiger charge is -2.29. The van der Waals surface area contributed by atoms with E-state index in [1.54, 1.807) is 9.80 Å². The number of nitrogens with one attached hydrogen (secondary N) is 3. The van der Waals surface area contributed by atoms with Crippen LogP contribution in [0.15, 0.2) is 48.8 Å². The van der Waals surface area contributed by atoms with E-state index in [2.05, 4.69) is 48.3 Å². The molecule has 1 aromatic carbocycles. The summed E-state index contributed by atoms with van der Waals surface area (Å²) in [5.74, 6) is 0. The molecule has 1 saturated heterocycles. The van der Waals surface area contributed by atoms with Gasteiger partial charge in [0.1, 0.15) is 39.3 Å². The number of quaternary nitrogens is 2. The van der Waals surface area contributed by atoms with Crippen LogP contribution in [0.25, 0.3) is 0 Å². The second-order valence-electron chi connectivity index (χ2n) is 6.43. The molecule has 3 heteroatoms. The number of aryl methyl sites for hydroxylation is 1. The smallest absolute Gasteiger partial charge is 0.167 e. The molecule has 3 nitrogen and oxygen atoms in total. The fraction of sp³-hybridized carbons (Fsp3) is 0.421. The molecule has 1 aliphatic heterocycles. The molecule has 2 aromatic rings. The van der Waals surface area contributed by atoms with Crippen LogP contribution in [0.4, 0.5) is 0 Å². The largest absolute Gasteiger partial charge is 0.322 e. The Kier molecular flexibility index (Phi) is 5.20. The molecule has 1 aliphatic rings. The number of H-pyrrole nitrogens is 1. The summed E-state index contributed by atoms with van der Waals surface area (Å²) < 4.78 is 0. The van der Waals surface area contributed by atoms with Crippen LogP contribution in [-0.2, 0) is 19.5 Å². The summed E-state index contributed by atoms with van der Waals surface area (Å²) in [4.78, 5) is 6.55. The lowest BCUT2D eigenvalue weighted by molar-refractivity contribution is -1.02. The molecule has 0 unspecified atom stereocenters. The Balaban J connectivity index is 1.47. The highest BCUT2D eigenvalue weighted by Crippen LogP contribution is 2.03. The standard InChI is InChI=1S/C19H25N3/c1-2-17-3-5-18(6-4-17)15-21-11-13-22(14-12-21)16-19-7-9-20-10-8-19/h3-10H,2,11-16H2,1H3/p+3. The van der Waals surface area contributed by atoms with Crippen LogP contribution < -0.4 is 14.8 Å². The molecule has 1 aromatic heterocycles. The number of pyridine rings is 1. The number of piperazine rings is 1. The maximum absolute atomic E-state index is 3.10. The van der Waals surface area contributed by atoms with Crippen LogP contribution >= 0.6 is 0 Å². The van der Waals surface area contributed by atoms with Gasteiger partial charge in [0.15, 0.2) is 12.4 Å². The van der Waals surface area contributed by atoms with Crippen LogP contribution in [-0.4, -0.2) is 26.2 Å². The van der Waals surface area contributed by atoms with E-state index >= 15 is 0 Å². The molecule has 0 amide bonds. The van der Waals surface area contributed by atoms with Gasteiger partial charge in [-0.05, 0) is 12.0 Å². The van der Waals surface area contributed by atoms with Gasteiger partial charge in [0.25, 0.3) is 0 Å². The van der Waals surface area contributed by atoms with Crippen molar-refractivity contribution in [3.05, 3.63) is 65.5 Å². The van der Waals surface area contributed by atoms with Gasteiger partial charge in [-0.15, -0.1) is 0 Å². The highest BCUT2D eigenvalue weighted by molar-refractivity contribution is 5.21. The first-order valence-corrected chi connectivity index (χ1v) is 8.53. The van der Waals surface area contributed by atoms with E-state index in [0.29, 0.717) is 0 Å². The maximum Gasteiger partial charge on any atom is 0.167 e. The van der Waals surface area contributed by atoms with Crippen molar-refractivity contribution in [1.29, 1.82) is 0 Å². The summed E-state index contributed by atoms with van der Waals surface area (Å²) in [6.07, 6.45) is 5.18. The Bertz CT molecular complexity index is 557. The van der Waals surface area contributed by atoms with Gasteiger partial charge in [-0.2, -0.15) is 0 Å². The van der Waals surface area contributed by atoms with Crippen molar-refractivity contribution in [2.75, 3.05) is 26.2 Å². The highest BCUT2D eigenvalue weighted by atomic mass is 15.3. The van der Waals surface area contributed by atoms with Crippen LogP contribution in [0, 0.1) is 0 Å². The lowest BCUT2D eigenvalue weighted by atomic mass is 10.1. The van der Waals surface area contributed by atoms with E-state index in [0.717, 1.165) is 13.0 Å². The van der Waals surface area contributed by atoms with Gasteiger partial charge in [0.2, 0.25) is 0 Å². The van der Waals surface area contributed by atoms with Crippen molar-refractivity contribution in [3.63, 3.8) is 0 Å². The van der Waals surface area contributed by atoms with Crippen LogP contribution in [0.2, 0.25) is 0 Å². The molecular weight excluding hydrogens is 270 g/mol. The van der Waals surface area contributed by atoms with E-state index in [9.17, 15) is 0 Å². The average Bonchev–Trinajstić information content (AvgIpc) is 2.58. The SMILES string of the molecule is CCc1ccc(C[NH+]2CC[NH+](Cc3cc[nH+]cc3)CC2)cc1. The molecule has 3 N–H and O–H groups in total. The Labute approximate surface area is 133 Å².